The summed E-state index contributed by atoms with van der Waals surface area (Å²) in [5.74, 6) is -0.183. The second-order valence-corrected chi connectivity index (χ2v) is 6.50. The van der Waals surface area contributed by atoms with Crippen LogP contribution in [0.1, 0.15) is 39.3 Å². The number of hydrogen-bond donors (Lipinski definition) is 3. The van der Waals surface area contributed by atoms with Crippen LogP contribution < -0.4 is 11.1 Å². The highest BCUT2D eigenvalue weighted by Gasteiger charge is 2.15. The quantitative estimate of drug-likeness (QED) is 0.320. The number of amides is 1. The van der Waals surface area contributed by atoms with Crippen LogP contribution in [0.5, 0.6) is 0 Å². The van der Waals surface area contributed by atoms with Gasteiger partial charge in [-0.2, -0.15) is 0 Å². The van der Waals surface area contributed by atoms with Crippen molar-refractivity contribution in [2.24, 2.45) is 5.73 Å². The number of nitrogens with two attached hydrogens (primary N) is 1. The average molecular weight is 409 g/mol. The van der Waals surface area contributed by atoms with Crippen molar-refractivity contribution in [3.05, 3.63) is 94.1 Å². The Morgan fingerprint density at radius 2 is 1.66 bits per heavy atom. The second kappa shape index (κ2) is 9.61. The first kappa shape index (κ1) is 21.8. The van der Waals surface area contributed by atoms with Crippen molar-refractivity contribution in [3.8, 4) is 0 Å². The molecule has 2 aromatic carbocycles. The highest BCUT2D eigenvalue weighted by atomic mass is 35.5. The Labute approximate surface area is 174 Å². The topological polar surface area (TPSA) is 109 Å². The van der Waals surface area contributed by atoms with Crippen molar-refractivity contribution in [1.82, 2.24) is 4.98 Å². The van der Waals surface area contributed by atoms with Gasteiger partial charge in [0.25, 0.3) is 5.91 Å². The van der Waals surface area contributed by atoms with Gasteiger partial charge >= 0.3 is 0 Å². The van der Waals surface area contributed by atoms with E-state index >= 15 is 0 Å². The monoisotopic (exact) mass is 408 g/mol. The van der Waals surface area contributed by atoms with E-state index in [1.807, 2.05) is 0 Å². The highest BCUT2D eigenvalue weighted by molar-refractivity contribution is 6.30. The van der Waals surface area contributed by atoms with Crippen LogP contribution in [0.15, 0.2) is 66.9 Å². The molecular weight excluding hydrogens is 388 g/mol. The minimum atomic E-state index is -0.356. The van der Waals surface area contributed by atoms with Crippen molar-refractivity contribution >= 4 is 34.9 Å². The highest BCUT2D eigenvalue weighted by Crippen LogP contribution is 2.16. The average Bonchev–Trinajstić information content (AvgIpc) is 2.70. The molecule has 0 aliphatic heterocycles. The Morgan fingerprint density at radius 3 is 2.28 bits per heavy atom. The minimum absolute atomic E-state index is 0. The molecule has 29 heavy (non-hydrogen) atoms. The third kappa shape index (κ3) is 5.49. The van der Waals surface area contributed by atoms with E-state index in [2.05, 4.69) is 10.3 Å². The summed E-state index contributed by atoms with van der Waals surface area (Å²) in [5, 5.41) is 10.6. The number of pyridine rings is 1. The lowest BCUT2D eigenvalue weighted by Crippen LogP contribution is -2.17. The van der Waals surface area contributed by atoms with Crippen LogP contribution in [-0.2, 0) is 6.42 Å². The summed E-state index contributed by atoms with van der Waals surface area (Å²) in [6, 6.07) is 16.6. The molecule has 0 aliphatic carbocycles. The molecular formula is C22H21ClN4O2. The van der Waals surface area contributed by atoms with E-state index in [1.165, 1.54) is 6.20 Å². The van der Waals surface area contributed by atoms with E-state index in [1.54, 1.807) is 60.7 Å². The van der Waals surface area contributed by atoms with Gasteiger partial charge in [0.1, 0.15) is 11.7 Å². The Hall–Kier alpha value is -3.51. The predicted octanol–water partition coefficient (Wildman–Crippen LogP) is 4.33. The minimum Gasteiger partial charge on any atom is -0.384 e. The Balaban J connectivity index is 0.00000300. The normalized spacial score (nSPS) is 9.97. The standard InChI is InChI=1S/C21H17ClN4O2.CH4/c22-16-9-10-19(25-12-16)26-21(28)17-4-2-1-3-15(17)11-18(27)13-5-7-14(8-6-13)20(23)24;/h1-10,12H,11H2,(H3,23,24)(H,25,26,28);1H4. The van der Waals surface area contributed by atoms with Gasteiger partial charge < -0.3 is 11.1 Å². The van der Waals surface area contributed by atoms with Gasteiger partial charge in [0.15, 0.2) is 5.78 Å². The number of anilines is 1. The summed E-state index contributed by atoms with van der Waals surface area (Å²) in [6.45, 7) is 0. The lowest BCUT2D eigenvalue weighted by Gasteiger charge is -2.10. The van der Waals surface area contributed by atoms with Crippen molar-refractivity contribution in [2.75, 3.05) is 5.32 Å². The molecule has 3 rings (SSSR count). The molecule has 0 aliphatic rings. The van der Waals surface area contributed by atoms with Gasteiger partial charge in [0.05, 0.1) is 5.02 Å². The van der Waals surface area contributed by atoms with Crippen LogP contribution in [0.4, 0.5) is 5.82 Å². The molecule has 0 radical (unpaired) electrons. The number of rotatable bonds is 6. The number of nitrogens with one attached hydrogen (secondary N) is 2. The largest absolute Gasteiger partial charge is 0.384 e. The summed E-state index contributed by atoms with van der Waals surface area (Å²) in [5.41, 5.74) is 7.47. The maximum Gasteiger partial charge on any atom is 0.257 e. The summed E-state index contributed by atoms with van der Waals surface area (Å²) in [6.07, 6.45) is 1.51. The zero-order valence-corrected chi connectivity index (χ0v) is 15.5. The number of nitrogens with zero attached hydrogens (tertiary/aromatic N) is 1. The second-order valence-electron chi connectivity index (χ2n) is 6.06. The molecule has 7 heteroatoms. The molecule has 4 N–H and O–H groups in total. The summed E-state index contributed by atoms with van der Waals surface area (Å²) < 4.78 is 0. The van der Waals surface area contributed by atoms with E-state index in [9.17, 15) is 9.59 Å². The smallest absolute Gasteiger partial charge is 0.257 e. The van der Waals surface area contributed by atoms with Crippen molar-refractivity contribution in [2.45, 2.75) is 13.8 Å². The fraction of sp³-hybridized carbons (Fsp3) is 0.0909. The molecule has 1 aromatic heterocycles. The van der Waals surface area contributed by atoms with E-state index in [0.717, 1.165) is 0 Å². The van der Waals surface area contributed by atoms with Crippen LogP contribution in [0, 0.1) is 5.41 Å². The number of benzene rings is 2. The van der Waals surface area contributed by atoms with Gasteiger partial charge in [-0.15, -0.1) is 0 Å². The van der Waals surface area contributed by atoms with Crippen molar-refractivity contribution < 1.29 is 9.59 Å². The fourth-order valence-corrected chi connectivity index (χ4v) is 2.75. The van der Waals surface area contributed by atoms with Crippen LogP contribution in [0.2, 0.25) is 5.02 Å². The third-order valence-corrected chi connectivity index (χ3v) is 4.32. The molecule has 3 aromatic rings. The molecule has 148 valence electrons. The molecule has 0 bridgehead atoms. The van der Waals surface area contributed by atoms with E-state index in [4.69, 9.17) is 22.7 Å². The van der Waals surface area contributed by atoms with Crippen LogP contribution in [-0.4, -0.2) is 22.5 Å². The third-order valence-electron chi connectivity index (χ3n) is 4.10. The molecule has 6 nitrogen and oxygen atoms in total. The molecule has 0 atom stereocenters. The van der Waals surface area contributed by atoms with E-state index in [0.29, 0.717) is 33.1 Å². The predicted molar refractivity (Wildman–Crippen MR) is 116 cm³/mol. The molecule has 0 unspecified atom stereocenters. The first-order chi connectivity index (χ1) is 13.4. The molecule has 0 fully saturated rings. The Morgan fingerprint density at radius 1 is 1.00 bits per heavy atom. The maximum atomic E-state index is 12.6. The first-order valence-corrected chi connectivity index (χ1v) is 8.80. The molecule has 0 saturated heterocycles. The number of carbonyl (C=O) groups is 2. The lowest BCUT2D eigenvalue weighted by atomic mass is 9.97. The van der Waals surface area contributed by atoms with Gasteiger partial charge in [0.2, 0.25) is 0 Å². The van der Waals surface area contributed by atoms with Crippen LogP contribution in [0.25, 0.3) is 0 Å². The SMILES string of the molecule is C.N=C(N)c1ccc(C(=O)Cc2ccccc2C(=O)Nc2ccc(Cl)cn2)cc1. The van der Waals surface area contributed by atoms with Gasteiger partial charge in [-0.25, -0.2) is 4.98 Å². The van der Waals surface area contributed by atoms with Gasteiger partial charge in [0, 0.05) is 29.3 Å². The number of amidine groups is 1. The van der Waals surface area contributed by atoms with Crippen LogP contribution in [0.3, 0.4) is 0 Å². The van der Waals surface area contributed by atoms with Gasteiger partial charge in [-0.1, -0.05) is 61.5 Å². The lowest BCUT2D eigenvalue weighted by molar-refractivity contribution is 0.0992. The number of hydrogen-bond acceptors (Lipinski definition) is 4. The zero-order chi connectivity index (χ0) is 20.1. The summed E-state index contributed by atoms with van der Waals surface area (Å²) in [4.78, 5) is 29.3. The summed E-state index contributed by atoms with van der Waals surface area (Å²) in [7, 11) is 0. The zero-order valence-electron chi connectivity index (χ0n) is 14.8. The number of nitrogen functional groups attached to an aromatic ring is 1. The molecule has 1 amide bonds. The fourth-order valence-electron chi connectivity index (χ4n) is 2.64. The van der Waals surface area contributed by atoms with Gasteiger partial charge in [-0.05, 0) is 23.8 Å². The number of halogens is 1. The Kier molecular flexibility index (Phi) is 7.22. The number of aromatic nitrogens is 1. The number of Topliss-reactive ketones (excluding diaryl/α,β-unsaturated/α-hetero) is 1. The first-order valence-electron chi connectivity index (χ1n) is 8.42. The number of ketones is 1. The van der Waals surface area contributed by atoms with Crippen LogP contribution >= 0.6 is 11.6 Å². The van der Waals surface area contributed by atoms with Gasteiger partial charge in [-0.3, -0.25) is 15.0 Å². The van der Waals surface area contributed by atoms with Crippen molar-refractivity contribution in [1.29, 1.82) is 5.41 Å². The Bertz CT molecular complexity index is 1030. The molecule has 0 spiro atoms. The van der Waals surface area contributed by atoms with Crippen molar-refractivity contribution in [3.63, 3.8) is 0 Å². The molecule has 0 saturated carbocycles. The summed E-state index contributed by atoms with van der Waals surface area (Å²) >= 11 is 5.80. The molecule has 1 heterocycles. The van der Waals surface area contributed by atoms with E-state index in [-0.39, 0.29) is 31.4 Å². The maximum absolute atomic E-state index is 12.6. The van der Waals surface area contributed by atoms with E-state index < -0.39 is 0 Å². The number of carbonyl (C=O) groups excluding carboxylic acids is 2.